The van der Waals surface area contributed by atoms with E-state index in [-0.39, 0.29) is 6.04 Å². The standard InChI is InChI=1S/C9H19NOSi/c1-5-10-7-12(3,4)6-9(10)8(2)11/h9H,5-7H2,1-4H3/t9-/m0/s1. The lowest BCUT2D eigenvalue weighted by Crippen LogP contribution is -2.35. The molecule has 70 valence electrons. The molecule has 3 heteroatoms. The molecule has 1 fully saturated rings. The van der Waals surface area contributed by atoms with Crippen LogP contribution in [-0.2, 0) is 4.79 Å². The van der Waals surface area contributed by atoms with Gasteiger partial charge in [-0.15, -0.1) is 0 Å². The van der Waals surface area contributed by atoms with Gasteiger partial charge in [0.1, 0.15) is 5.78 Å². The van der Waals surface area contributed by atoms with Crippen LogP contribution < -0.4 is 0 Å². The molecule has 0 amide bonds. The molecule has 1 heterocycles. The number of Topliss-reactive ketones (excluding diaryl/α,β-unsaturated/α-hetero) is 1. The molecule has 12 heavy (non-hydrogen) atoms. The van der Waals surface area contributed by atoms with E-state index in [1.54, 1.807) is 6.92 Å². The number of likely N-dealkylation sites (N-methyl/N-ethyl adjacent to an activating group) is 1. The average molecular weight is 185 g/mol. The number of carbonyl (C=O) groups is 1. The number of ketones is 1. The second kappa shape index (κ2) is 3.30. The van der Waals surface area contributed by atoms with Gasteiger partial charge in [0.05, 0.1) is 14.1 Å². The van der Waals surface area contributed by atoms with E-state index in [4.69, 9.17) is 0 Å². The van der Waals surface area contributed by atoms with Crippen molar-refractivity contribution in [3.63, 3.8) is 0 Å². The first-order chi connectivity index (χ1) is 5.46. The van der Waals surface area contributed by atoms with Crippen LogP contribution in [0.2, 0.25) is 19.1 Å². The first-order valence-electron chi connectivity index (χ1n) is 4.71. The van der Waals surface area contributed by atoms with Crippen molar-refractivity contribution in [1.29, 1.82) is 0 Å². The zero-order valence-corrected chi connectivity index (χ0v) is 9.55. The molecule has 0 spiro atoms. The lowest BCUT2D eigenvalue weighted by molar-refractivity contribution is -0.120. The van der Waals surface area contributed by atoms with E-state index in [0.29, 0.717) is 5.78 Å². The Balaban J connectivity index is 2.69. The van der Waals surface area contributed by atoms with Gasteiger partial charge < -0.3 is 0 Å². The molecule has 1 aliphatic heterocycles. The smallest absolute Gasteiger partial charge is 0.146 e. The van der Waals surface area contributed by atoms with Crippen LogP contribution in [0.4, 0.5) is 0 Å². The molecule has 0 bridgehead atoms. The quantitative estimate of drug-likeness (QED) is 0.608. The molecule has 1 aliphatic rings. The zero-order valence-electron chi connectivity index (χ0n) is 8.55. The van der Waals surface area contributed by atoms with Gasteiger partial charge in [0.15, 0.2) is 0 Å². The van der Waals surface area contributed by atoms with E-state index in [0.717, 1.165) is 12.6 Å². The van der Waals surface area contributed by atoms with Crippen molar-refractivity contribution in [2.75, 3.05) is 12.7 Å². The summed E-state index contributed by atoms with van der Waals surface area (Å²) in [4.78, 5) is 13.6. The Hall–Kier alpha value is -0.153. The minimum absolute atomic E-state index is 0.247. The topological polar surface area (TPSA) is 20.3 Å². The fraction of sp³-hybridized carbons (Fsp3) is 0.889. The minimum Gasteiger partial charge on any atom is -0.298 e. The fourth-order valence-corrected chi connectivity index (χ4v) is 5.38. The summed E-state index contributed by atoms with van der Waals surface area (Å²) >= 11 is 0. The molecule has 1 atom stereocenters. The highest BCUT2D eigenvalue weighted by atomic mass is 28.3. The predicted molar refractivity (Wildman–Crippen MR) is 54.0 cm³/mol. The summed E-state index contributed by atoms with van der Waals surface area (Å²) in [7, 11) is -1.04. The van der Waals surface area contributed by atoms with Crippen molar-refractivity contribution < 1.29 is 4.79 Å². The van der Waals surface area contributed by atoms with Gasteiger partial charge in [0.2, 0.25) is 0 Å². The van der Waals surface area contributed by atoms with Crippen molar-refractivity contribution in [2.45, 2.75) is 39.0 Å². The molecule has 0 N–H and O–H groups in total. The van der Waals surface area contributed by atoms with E-state index in [1.807, 2.05) is 0 Å². The van der Waals surface area contributed by atoms with Gasteiger partial charge in [-0.05, 0) is 25.7 Å². The molecule has 0 aliphatic carbocycles. The highest BCUT2D eigenvalue weighted by Gasteiger charge is 2.39. The molecular weight excluding hydrogens is 166 g/mol. The van der Waals surface area contributed by atoms with Crippen LogP contribution in [0, 0.1) is 0 Å². The Kier molecular flexibility index (Phi) is 2.73. The maximum absolute atomic E-state index is 11.3. The summed E-state index contributed by atoms with van der Waals surface area (Å²) in [5, 5.41) is 0. The van der Waals surface area contributed by atoms with Crippen LogP contribution in [0.3, 0.4) is 0 Å². The van der Waals surface area contributed by atoms with Gasteiger partial charge in [-0.25, -0.2) is 0 Å². The number of hydrogen-bond donors (Lipinski definition) is 0. The fourth-order valence-electron chi connectivity index (χ4n) is 2.11. The van der Waals surface area contributed by atoms with Crippen LogP contribution in [0.15, 0.2) is 0 Å². The Morgan fingerprint density at radius 2 is 2.17 bits per heavy atom. The first-order valence-corrected chi connectivity index (χ1v) is 8.12. The third kappa shape index (κ3) is 1.96. The van der Waals surface area contributed by atoms with Gasteiger partial charge in [-0.1, -0.05) is 20.0 Å². The van der Waals surface area contributed by atoms with Crippen LogP contribution >= 0.6 is 0 Å². The molecule has 0 unspecified atom stereocenters. The summed E-state index contributed by atoms with van der Waals surface area (Å²) in [5.41, 5.74) is 0. The summed E-state index contributed by atoms with van der Waals surface area (Å²) in [5.74, 6) is 0.356. The van der Waals surface area contributed by atoms with Crippen LogP contribution in [0.1, 0.15) is 13.8 Å². The predicted octanol–water partition coefficient (Wildman–Crippen LogP) is 1.53. The normalized spacial score (nSPS) is 29.2. The molecule has 1 rings (SSSR count). The second-order valence-corrected chi connectivity index (χ2v) is 9.61. The van der Waals surface area contributed by atoms with Crippen molar-refractivity contribution >= 4 is 13.9 Å². The van der Waals surface area contributed by atoms with Crippen molar-refractivity contribution in [3.8, 4) is 0 Å². The number of nitrogens with zero attached hydrogens (tertiary/aromatic N) is 1. The molecule has 2 nitrogen and oxygen atoms in total. The third-order valence-electron chi connectivity index (χ3n) is 2.69. The van der Waals surface area contributed by atoms with Gasteiger partial charge >= 0.3 is 0 Å². The Morgan fingerprint density at radius 1 is 1.58 bits per heavy atom. The Labute approximate surface area is 76.0 Å². The van der Waals surface area contributed by atoms with Gasteiger partial charge in [0.25, 0.3) is 0 Å². The lowest BCUT2D eigenvalue weighted by atomic mass is 10.2. The number of hydrogen-bond acceptors (Lipinski definition) is 2. The van der Waals surface area contributed by atoms with Crippen LogP contribution in [0.25, 0.3) is 0 Å². The van der Waals surface area contributed by atoms with Gasteiger partial charge in [-0.2, -0.15) is 0 Å². The summed E-state index contributed by atoms with van der Waals surface area (Å²) in [6.45, 7) is 9.65. The lowest BCUT2D eigenvalue weighted by Gasteiger charge is -2.20. The minimum atomic E-state index is -1.04. The monoisotopic (exact) mass is 185 g/mol. The van der Waals surface area contributed by atoms with Crippen molar-refractivity contribution in [2.24, 2.45) is 0 Å². The molecular formula is C9H19NOSi. The summed E-state index contributed by atoms with van der Waals surface area (Å²) in [6, 6.07) is 1.41. The zero-order chi connectivity index (χ0) is 9.35. The molecule has 0 radical (unpaired) electrons. The number of carbonyl (C=O) groups excluding carboxylic acids is 1. The molecule has 0 aromatic carbocycles. The second-order valence-electron chi connectivity index (χ2n) is 4.56. The van der Waals surface area contributed by atoms with Crippen LogP contribution in [-0.4, -0.2) is 37.5 Å². The van der Waals surface area contributed by atoms with E-state index in [9.17, 15) is 4.79 Å². The Morgan fingerprint density at radius 3 is 2.50 bits per heavy atom. The highest BCUT2D eigenvalue weighted by Crippen LogP contribution is 2.26. The van der Waals surface area contributed by atoms with E-state index in [2.05, 4.69) is 24.9 Å². The Bertz CT molecular complexity index is 191. The first kappa shape index (κ1) is 9.93. The third-order valence-corrected chi connectivity index (χ3v) is 5.45. The largest absolute Gasteiger partial charge is 0.298 e. The van der Waals surface area contributed by atoms with E-state index in [1.165, 1.54) is 6.17 Å². The number of rotatable bonds is 2. The van der Waals surface area contributed by atoms with Gasteiger partial charge in [-0.3, -0.25) is 9.69 Å². The van der Waals surface area contributed by atoms with Crippen molar-refractivity contribution in [1.82, 2.24) is 4.90 Å². The average Bonchev–Trinajstić information content (AvgIpc) is 2.25. The molecule has 0 saturated carbocycles. The SMILES string of the molecule is CCN1C[Si](C)(C)C[C@H]1C(C)=O. The molecule has 1 saturated heterocycles. The van der Waals surface area contributed by atoms with E-state index >= 15 is 0 Å². The van der Waals surface area contributed by atoms with Gasteiger partial charge in [0, 0.05) is 0 Å². The summed E-state index contributed by atoms with van der Waals surface area (Å²) < 4.78 is 0. The van der Waals surface area contributed by atoms with Crippen molar-refractivity contribution in [3.05, 3.63) is 0 Å². The van der Waals surface area contributed by atoms with E-state index < -0.39 is 8.07 Å². The summed E-state index contributed by atoms with van der Waals surface area (Å²) in [6.07, 6.45) is 1.20. The maximum Gasteiger partial charge on any atom is 0.146 e. The van der Waals surface area contributed by atoms with Crippen LogP contribution in [0.5, 0.6) is 0 Å². The highest BCUT2D eigenvalue weighted by molar-refractivity contribution is 6.78. The molecule has 0 aromatic heterocycles. The molecule has 0 aromatic rings. The maximum atomic E-state index is 11.3.